The van der Waals surface area contributed by atoms with Gasteiger partial charge in [-0.1, -0.05) is 0 Å². The van der Waals surface area contributed by atoms with Gasteiger partial charge in [0.1, 0.15) is 0 Å². The molecule has 0 saturated carbocycles. The quantitative estimate of drug-likeness (QED) is 0.672. The molecule has 0 aliphatic carbocycles. The second kappa shape index (κ2) is 8.20. The van der Waals surface area contributed by atoms with Crippen molar-refractivity contribution in [1.29, 1.82) is 0 Å². The van der Waals surface area contributed by atoms with E-state index in [1.807, 2.05) is 7.05 Å². The molecular weight excluding hydrogens is 237 g/mol. The van der Waals surface area contributed by atoms with Gasteiger partial charge >= 0.3 is 6.18 Å². The van der Waals surface area contributed by atoms with Gasteiger partial charge in [0.2, 0.25) is 0 Å². The van der Waals surface area contributed by atoms with E-state index in [9.17, 15) is 13.2 Å². The van der Waals surface area contributed by atoms with Gasteiger partial charge in [-0.15, -0.1) is 0 Å². The molecule has 0 rings (SSSR count). The van der Waals surface area contributed by atoms with Crippen LogP contribution in [-0.2, 0) is 0 Å². The number of hydrogen-bond acceptors (Lipinski definition) is 3. The highest BCUT2D eigenvalue weighted by Gasteiger charge is 2.26. The number of nitrogens with zero attached hydrogens (tertiary/aromatic N) is 1. The lowest BCUT2D eigenvalue weighted by Gasteiger charge is -2.24. The molecule has 0 aromatic carbocycles. The summed E-state index contributed by atoms with van der Waals surface area (Å²) in [5.74, 6) is 1.08. The van der Waals surface area contributed by atoms with Crippen molar-refractivity contribution >= 4 is 11.8 Å². The summed E-state index contributed by atoms with van der Waals surface area (Å²) >= 11 is 1.79. The fraction of sp³-hybridized carbons (Fsp3) is 1.00. The lowest BCUT2D eigenvalue weighted by atomic mass is 10.2. The monoisotopic (exact) mass is 258 g/mol. The molecule has 1 unspecified atom stereocenters. The largest absolute Gasteiger partial charge is 0.401 e. The zero-order chi connectivity index (χ0) is 12.6. The summed E-state index contributed by atoms with van der Waals surface area (Å²) in [5.41, 5.74) is 0. The van der Waals surface area contributed by atoms with Crippen molar-refractivity contribution in [3.63, 3.8) is 0 Å². The molecule has 16 heavy (non-hydrogen) atoms. The Labute approximate surface area is 100.0 Å². The zero-order valence-corrected chi connectivity index (χ0v) is 10.9. The van der Waals surface area contributed by atoms with Gasteiger partial charge in [0, 0.05) is 19.1 Å². The van der Waals surface area contributed by atoms with Gasteiger partial charge in [-0.2, -0.15) is 24.9 Å². The Kier molecular flexibility index (Phi) is 8.23. The van der Waals surface area contributed by atoms with E-state index < -0.39 is 12.7 Å². The standard InChI is InChI=1S/C10H21F3N2S/c1-9(4-7-16-3)15(2)6-5-14-8-10(11,12)13/h9,14H,4-8H2,1-3H3. The number of thioether (sulfide) groups is 1. The maximum absolute atomic E-state index is 11.8. The minimum atomic E-state index is -4.11. The van der Waals surface area contributed by atoms with Crippen LogP contribution in [0.25, 0.3) is 0 Å². The van der Waals surface area contributed by atoms with Crippen LogP contribution in [0.2, 0.25) is 0 Å². The lowest BCUT2D eigenvalue weighted by molar-refractivity contribution is -0.124. The van der Waals surface area contributed by atoms with E-state index in [2.05, 4.69) is 23.4 Å². The van der Waals surface area contributed by atoms with Gasteiger partial charge in [0.05, 0.1) is 6.54 Å². The number of nitrogens with one attached hydrogen (secondary N) is 1. The molecule has 2 nitrogen and oxygen atoms in total. The minimum Gasteiger partial charge on any atom is -0.307 e. The Bertz CT molecular complexity index is 176. The molecule has 0 spiro atoms. The van der Waals surface area contributed by atoms with Crippen LogP contribution in [0, 0.1) is 0 Å². The van der Waals surface area contributed by atoms with Crippen molar-refractivity contribution in [2.45, 2.75) is 25.6 Å². The van der Waals surface area contributed by atoms with Crippen LogP contribution < -0.4 is 5.32 Å². The molecule has 0 amide bonds. The summed E-state index contributed by atoms with van der Waals surface area (Å²) in [4.78, 5) is 2.08. The summed E-state index contributed by atoms with van der Waals surface area (Å²) in [7, 11) is 1.94. The van der Waals surface area contributed by atoms with E-state index in [0.29, 0.717) is 19.1 Å². The first kappa shape index (κ1) is 16.1. The molecule has 0 aromatic rings. The number of likely N-dealkylation sites (N-methyl/N-ethyl adjacent to an activating group) is 1. The Morgan fingerprint density at radius 3 is 2.50 bits per heavy atom. The van der Waals surface area contributed by atoms with Crippen molar-refractivity contribution < 1.29 is 13.2 Å². The topological polar surface area (TPSA) is 15.3 Å². The van der Waals surface area contributed by atoms with Crippen LogP contribution in [0.1, 0.15) is 13.3 Å². The molecule has 0 heterocycles. The van der Waals surface area contributed by atoms with Crippen LogP contribution >= 0.6 is 11.8 Å². The first-order valence-corrected chi connectivity index (χ1v) is 6.73. The zero-order valence-electron chi connectivity index (χ0n) is 10.1. The summed E-state index contributed by atoms with van der Waals surface area (Å²) in [6.07, 6.45) is -0.989. The summed E-state index contributed by atoms with van der Waals surface area (Å²) in [6.45, 7) is 2.21. The predicted octanol–water partition coefficient (Wildman–Crippen LogP) is 2.21. The molecule has 0 bridgehead atoms. The van der Waals surface area contributed by atoms with E-state index in [0.717, 1.165) is 12.2 Å². The van der Waals surface area contributed by atoms with E-state index in [4.69, 9.17) is 0 Å². The third-order valence-corrected chi connectivity index (χ3v) is 3.10. The van der Waals surface area contributed by atoms with E-state index in [-0.39, 0.29) is 0 Å². The maximum atomic E-state index is 11.8. The molecule has 0 aliphatic rings. The minimum absolute atomic E-state index is 0.375. The number of alkyl halides is 3. The Hall–Kier alpha value is 0.0600. The van der Waals surface area contributed by atoms with Crippen LogP contribution in [0.3, 0.4) is 0 Å². The van der Waals surface area contributed by atoms with Crippen molar-refractivity contribution in [3.8, 4) is 0 Å². The van der Waals surface area contributed by atoms with Crippen molar-refractivity contribution in [2.75, 3.05) is 38.7 Å². The smallest absolute Gasteiger partial charge is 0.307 e. The summed E-state index contributed by atoms with van der Waals surface area (Å²) in [5, 5.41) is 2.40. The number of halogens is 3. The van der Waals surface area contributed by atoms with Crippen LogP contribution in [0.4, 0.5) is 13.2 Å². The third kappa shape index (κ3) is 9.30. The second-order valence-electron chi connectivity index (χ2n) is 3.90. The fourth-order valence-corrected chi connectivity index (χ4v) is 1.79. The maximum Gasteiger partial charge on any atom is 0.401 e. The average molecular weight is 258 g/mol. The molecule has 0 aromatic heterocycles. The second-order valence-corrected chi connectivity index (χ2v) is 4.89. The highest BCUT2D eigenvalue weighted by Crippen LogP contribution is 2.12. The van der Waals surface area contributed by atoms with Crippen LogP contribution in [0.5, 0.6) is 0 Å². The van der Waals surface area contributed by atoms with Gasteiger partial charge in [0.25, 0.3) is 0 Å². The van der Waals surface area contributed by atoms with E-state index in [1.165, 1.54) is 0 Å². The SMILES string of the molecule is CSCCC(C)N(C)CCNCC(F)(F)F. The van der Waals surface area contributed by atoms with Crippen molar-refractivity contribution in [1.82, 2.24) is 10.2 Å². The molecule has 1 N–H and O–H groups in total. The predicted molar refractivity (Wildman–Crippen MR) is 64.0 cm³/mol. The normalized spacial score (nSPS) is 14.4. The molecule has 0 fully saturated rings. The summed E-state index contributed by atoms with van der Waals surface area (Å²) < 4.78 is 35.5. The first-order valence-electron chi connectivity index (χ1n) is 5.33. The first-order chi connectivity index (χ1) is 7.37. The lowest BCUT2D eigenvalue weighted by Crippen LogP contribution is -2.38. The van der Waals surface area contributed by atoms with Crippen molar-refractivity contribution in [2.24, 2.45) is 0 Å². The average Bonchev–Trinajstić information content (AvgIpc) is 2.19. The van der Waals surface area contributed by atoms with E-state index >= 15 is 0 Å². The third-order valence-electron chi connectivity index (χ3n) is 2.46. The highest BCUT2D eigenvalue weighted by molar-refractivity contribution is 7.98. The number of hydrogen-bond donors (Lipinski definition) is 1. The highest BCUT2D eigenvalue weighted by atomic mass is 32.2. The molecule has 98 valence electrons. The van der Waals surface area contributed by atoms with E-state index in [1.54, 1.807) is 11.8 Å². The van der Waals surface area contributed by atoms with Gasteiger partial charge < -0.3 is 10.2 Å². The number of rotatable bonds is 8. The summed E-state index contributed by atoms with van der Waals surface area (Å²) in [6, 6.07) is 0.417. The molecular formula is C10H21F3N2S. The molecule has 0 radical (unpaired) electrons. The Morgan fingerprint density at radius 2 is 2.00 bits per heavy atom. The Morgan fingerprint density at radius 1 is 1.38 bits per heavy atom. The van der Waals surface area contributed by atoms with Gasteiger partial charge in [0.15, 0.2) is 0 Å². The molecule has 0 aliphatic heterocycles. The molecule has 0 saturated heterocycles. The van der Waals surface area contributed by atoms with Gasteiger partial charge in [-0.05, 0) is 32.4 Å². The molecule has 6 heteroatoms. The molecule has 1 atom stereocenters. The fourth-order valence-electron chi connectivity index (χ4n) is 1.21. The van der Waals surface area contributed by atoms with Crippen LogP contribution in [-0.4, -0.2) is 55.8 Å². The Balaban J connectivity index is 3.53. The van der Waals surface area contributed by atoms with Gasteiger partial charge in [-0.25, -0.2) is 0 Å². The van der Waals surface area contributed by atoms with Gasteiger partial charge in [-0.3, -0.25) is 0 Å². The van der Waals surface area contributed by atoms with Crippen LogP contribution in [0.15, 0.2) is 0 Å². The van der Waals surface area contributed by atoms with Crippen molar-refractivity contribution in [3.05, 3.63) is 0 Å².